The first-order valence-electron chi connectivity index (χ1n) is 18.5. The highest BCUT2D eigenvalue weighted by molar-refractivity contribution is 6.26. The first-order chi connectivity index (χ1) is 26.3. The highest BCUT2D eigenvalue weighted by Crippen LogP contribution is 2.43. The zero-order chi connectivity index (χ0) is 34.9. The molecule has 0 radical (unpaired) electrons. The van der Waals surface area contributed by atoms with E-state index in [9.17, 15) is 0 Å². The van der Waals surface area contributed by atoms with E-state index in [1.165, 1.54) is 71.0 Å². The SMILES string of the molecule is C1=CCC(N(c2ccccc2)c2ccc3cc4c5cccc6c7cc8ccc(N(c9ccccc9)c9ccccc9)cc8cc7n(c4cc3c2)c65)C=C1. The number of aromatic nitrogens is 1. The summed E-state index contributed by atoms with van der Waals surface area (Å²) in [6.45, 7) is 0. The summed E-state index contributed by atoms with van der Waals surface area (Å²) in [5.74, 6) is 0. The molecule has 53 heavy (non-hydrogen) atoms. The molecule has 2 heterocycles. The van der Waals surface area contributed by atoms with Crippen LogP contribution in [0.4, 0.5) is 28.4 Å². The van der Waals surface area contributed by atoms with Crippen LogP contribution in [0.2, 0.25) is 0 Å². The van der Waals surface area contributed by atoms with Crippen LogP contribution in [0, 0.1) is 0 Å². The monoisotopic (exact) mass is 677 g/mol. The van der Waals surface area contributed by atoms with Crippen LogP contribution in [0.1, 0.15) is 6.42 Å². The van der Waals surface area contributed by atoms with Gasteiger partial charge in [-0.3, -0.25) is 0 Å². The van der Waals surface area contributed by atoms with E-state index in [-0.39, 0.29) is 6.04 Å². The molecule has 0 aliphatic heterocycles. The minimum Gasteiger partial charge on any atom is -0.334 e. The van der Waals surface area contributed by atoms with Crippen LogP contribution in [0.15, 0.2) is 194 Å². The number of allylic oxidation sites excluding steroid dienone is 2. The number of hydrogen-bond donors (Lipinski definition) is 0. The molecule has 0 amide bonds. The summed E-state index contributed by atoms with van der Waals surface area (Å²) >= 11 is 0. The third kappa shape index (κ3) is 4.74. The van der Waals surface area contributed by atoms with Gasteiger partial charge in [-0.1, -0.05) is 109 Å². The number of nitrogens with zero attached hydrogens (tertiary/aromatic N) is 3. The molecule has 0 fully saturated rings. The zero-order valence-electron chi connectivity index (χ0n) is 29.1. The van der Waals surface area contributed by atoms with E-state index in [1.807, 2.05) is 0 Å². The standard InChI is InChI=1S/C50H35N3/c1-5-14-38(15-6-1)51(39-16-7-2-8-17-39)42-26-24-34-30-46-44-22-13-23-45-47-31-35-25-27-43(52(40-18-9-3-10-19-40)41-20-11-4-12-21-41)29-37(35)33-49(47)53(50(44)45)48(46)32-36(34)28-42/h1-20,22-33,41H,21H2. The maximum atomic E-state index is 2.52. The van der Waals surface area contributed by atoms with Gasteiger partial charge in [0.2, 0.25) is 0 Å². The van der Waals surface area contributed by atoms with Crippen molar-refractivity contribution in [1.82, 2.24) is 4.40 Å². The largest absolute Gasteiger partial charge is 0.334 e. The molecule has 1 unspecified atom stereocenters. The number of fused-ring (bicyclic) bond motifs is 8. The fourth-order valence-corrected chi connectivity index (χ4v) is 8.71. The molecule has 3 heteroatoms. The molecular formula is C50H35N3. The summed E-state index contributed by atoms with van der Waals surface area (Å²) in [7, 11) is 0. The van der Waals surface area contributed by atoms with Crippen molar-refractivity contribution in [2.75, 3.05) is 9.80 Å². The molecule has 8 aromatic carbocycles. The van der Waals surface area contributed by atoms with Crippen LogP contribution in [0.3, 0.4) is 0 Å². The van der Waals surface area contributed by atoms with E-state index < -0.39 is 0 Å². The lowest BCUT2D eigenvalue weighted by molar-refractivity contribution is 0.785. The Morgan fingerprint density at radius 3 is 1.53 bits per heavy atom. The van der Waals surface area contributed by atoms with Crippen molar-refractivity contribution < 1.29 is 0 Å². The topological polar surface area (TPSA) is 10.9 Å². The van der Waals surface area contributed by atoms with E-state index >= 15 is 0 Å². The molecular weight excluding hydrogens is 643 g/mol. The van der Waals surface area contributed by atoms with E-state index in [0.29, 0.717) is 0 Å². The number of anilines is 5. The molecule has 1 aliphatic carbocycles. The van der Waals surface area contributed by atoms with Crippen molar-refractivity contribution in [3.63, 3.8) is 0 Å². The van der Waals surface area contributed by atoms with Gasteiger partial charge in [-0.05, 0) is 113 Å². The molecule has 2 aromatic heterocycles. The minimum atomic E-state index is 0.254. The van der Waals surface area contributed by atoms with Crippen molar-refractivity contribution >= 4 is 88.1 Å². The van der Waals surface area contributed by atoms with Gasteiger partial charge in [0, 0.05) is 50.0 Å². The molecule has 0 saturated carbocycles. The second-order valence-electron chi connectivity index (χ2n) is 14.2. The van der Waals surface area contributed by atoms with Gasteiger partial charge in [0.1, 0.15) is 0 Å². The second kappa shape index (κ2) is 11.9. The van der Waals surface area contributed by atoms with Crippen molar-refractivity contribution in [3.8, 4) is 0 Å². The van der Waals surface area contributed by atoms with Gasteiger partial charge in [0.05, 0.1) is 22.6 Å². The Morgan fingerprint density at radius 1 is 0.415 bits per heavy atom. The average Bonchev–Trinajstić information content (AvgIpc) is 3.72. The van der Waals surface area contributed by atoms with Crippen molar-refractivity contribution in [2.24, 2.45) is 0 Å². The molecule has 10 aromatic rings. The molecule has 1 atom stereocenters. The fraction of sp³-hybridized carbons (Fsp3) is 0.0400. The van der Waals surface area contributed by atoms with Gasteiger partial charge in [0.25, 0.3) is 0 Å². The van der Waals surface area contributed by atoms with Crippen LogP contribution < -0.4 is 9.80 Å². The molecule has 11 rings (SSSR count). The van der Waals surface area contributed by atoms with Crippen LogP contribution in [0.25, 0.3) is 59.6 Å². The summed E-state index contributed by atoms with van der Waals surface area (Å²) in [5, 5.41) is 10.1. The number of hydrogen-bond acceptors (Lipinski definition) is 2. The maximum Gasteiger partial charge on any atom is 0.0620 e. The summed E-state index contributed by atoms with van der Waals surface area (Å²) in [6.07, 6.45) is 9.87. The number of rotatable bonds is 6. The van der Waals surface area contributed by atoms with Crippen LogP contribution in [0.5, 0.6) is 0 Å². The van der Waals surface area contributed by atoms with E-state index in [0.717, 1.165) is 23.5 Å². The van der Waals surface area contributed by atoms with Crippen LogP contribution in [-0.4, -0.2) is 10.4 Å². The smallest absolute Gasteiger partial charge is 0.0620 e. The van der Waals surface area contributed by atoms with Gasteiger partial charge in [0.15, 0.2) is 0 Å². The van der Waals surface area contributed by atoms with Gasteiger partial charge in [-0.2, -0.15) is 0 Å². The molecule has 3 nitrogen and oxygen atoms in total. The highest BCUT2D eigenvalue weighted by Gasteiger charge is 2.22. The lowest BCUT2D eigenvalue weighted by atomic mass is 10.0. The first kappa shape index (κ1) is 29.8. The predicted molar refractivity (Wildman–Crippen MR) is 226 cm³/mol. The Hall–Kier alpha value is -6.84. The van der Waals surface area contributed by atoms with Gasteiger partial charge in [-0.15, -0.1) is 0 Å². The fourth-order valence-electron chi connectivity index (χ4n) is 8.71. The Balaban J connectivity index is 1.12. The Morgan fingerprint density at radius 2 is 0.962 bits per heavy atom. The normalized spacial score (nSPS) is 14.4. The quantitative estimate of drug-likeness (QED) is 0.173. The predicted octanol–water partition coefficient (Wildman–Crippen LogP) is 13.6. The Labute approximate surface area is 307 Å². The minimum absolute atomic E-state index is 0.254. The van der Waals surface area contributed by atoms with Crippen LogP contribution in [-0.2, 0) is 0 Å². The van der Waals surface area contributed by atoms with E-state index in [1.54, 1.807) is 0 Å². The van der Waals surface area contributed by atoms with Crippen molar-refractivity contribution in [2.45, 2.75) is 12.5 Å². The van der Waals surface area contributed by atoms with E-state index in [4.69, 9.17) is 0 Å². The highest BCUT2D eigenvalue weighted by atomic mass is 15.2. The second-order valence-corrected chi connectivity index (χ2v) is 14.2. The van der Waals surface area contributed by atoms with Crippen LogP contribution >= 0.6 is 0 Å². The lowest BCUT2D eigenvalue weighted by Crippen LogP contribution is -2.29. The average molecular weight is 678 g/mol. The molecule has 0 bridgehead atoms. The first-order valence-corrected chi connectivity index (χ1v) is 18.5. The summed E-state index contributed by atoms with van der Waals surface area (Å²) < 4.78 is 2.52. The van der Waals surface area contributed by atoms with Gasteiger partial charge in [-0.25, -0.2) is 0 Å². The molecule has 250 valence electrons. The number of para-hydroxylation sites is 4. The molecule has 1 aliphatic rings. The lowest BCUT2D eigenvalue weighted by Gasteiger charge is -2.32. The maximum absolute atomic E-state index is 2.52. The third-order valence-corrected chi connectivity index (χ3v) is 11.1. The van der Waals surface area contributed by atoms with Crippen molar-refractivity contribution in [1.29, 1.82) is 0 Å². The number of benzene rings is 8. The van der Waals surface area contributed by atoms with E-state index in [2.05, 4.69) is 208 Å². The zero-order valence-corrected chi connectivity index (χ0v) is 29.1. The Kier molecular flexibility index (Phi) is 6.68. The van der Waals surface area contributed by atoms with Gasteiger partial charge >= 0.3 is 0 Å². The van der Waals surface area contributed by atoms with Crippen molar-refractivity contribution in [3.05, 3.63) is 194 Å². The summed E-state index contributed by atoms with van der Waals surface area (Å²) in [5.41, 5.74) is 9.59. The summed E-state index contributed by atoms with van der Waals surface area (Å²) in [6, 6.07) is 62.6. The summed E-state index contributed by atoms with van der Waals surface area (Å²) in [4.78, 5) is 4.81. The van der Waals surface area contributed by atoms with Gasteiger partial charge < -0.3 is 14.2 Å². The molecule has 0 saturated heterocycles. The molecule has 0 N–H and O–H groups in total. The third-order valence-electron chi connectivity index (χ3n) is 11.1. The Bertz CT molecular complexity index is 2990. The molecule has 0 spiro atoms.